The summed E-state index contributed by atoms with van der Waals surface area (Å²) in [6, 6.07) is 7.30. The molecule has 1 N–H and O–H groups in total. The van der Waals surface area contributed by atoms with Crippen molar-refractivity contribution in [2.24, 2.45) is 0 Å². The average molecular weight is 289 g/mol. The van der Waals surface area contributed by atoms with Crippen LogP contribution in [-0.4, -0.2) is 28.5 Å². The number of anilines is 1. The molecule has 0 bridgehead atoms. The van der Waals surface area contributed by atoms with E-state index in [4.69, 9.17) is 4.74 Å². The number of nitrogens with one attached hydrogen (secondary N) is 1. The molecular formula is C14H15N3O4. The molecule has 21 heavy (non-hydrogen) atoms. The minimum absolute atomic E-state index is 0.0184. The Morgan fingerprint density at radius 2 is 2.19 bits per heavy atom. The lowest BCUT2D eigenvalue weighted by Crippen LogP contribution is -2.28. The van der Waals surface area contributed by atoms with Gasteiger partial charge in [0.15, 0.2) is 0 Å². The summed E-state index contributed by atoms with van der Waals surface area (Å²) in [6.45, 7) is 3.74. The van der Waals surface area contributed by atoms with Crippen molar-refractivity contribution >= 4 is 28.4 Å². The smallest absolute Gasteiger partial charge is 0.328 e. The van der Waals surface area contributed by atoms with Crippen LogP contribution in [0.5, 0.6) is 0 Å². The highest BCUT2D eigenvalue weighted by Gasteiger charge is 2.14. The molecule has 0 aliphatic rings. The van der Waals surface area contributed by atoms with Crippen LogP contribution in [0.4, 0.5) is 11.5 Å². The van der Waals surface area contributed by atoms with E-state index in [-0.39, 0.29) is 11.7 Å². The molecule has 1 heterocycles. The number of ether oxygens (including phenoxy) is 1. The number of carbonyl (C=O) groups excluding carboxylic acids is 1. The maximum atomic E-state index is 11.5. The second-order valence-corrected chi connectivity index (χ2v) is 4.45. The molecular weight excluding hydrogens is 274 g/mol. The van der Waals surface area contributed by atoms with Gasteiger partial charge in [-0.25, -0.2) is 9.78 Å². The summed E-state index contributed by atoms with van der Waals surface area (Å²) in [7, 11) is 0. The van der Waals surface area contributed by atoms with Gasteiger partial charge < -0.3 is 10.1 Å². The van der Waals surface area contributed by atoms with E-state index in [0.717, 1.165) is 0 Å². The number of esters is 1. The summed E-state index contributed by atoms with van der Waals surface area (Å²) in [5.41, 5.74) is 0.631. The molecule has 7 nitrogen and oxygen atoms in total. The molecule has 1 aromatic carbocycles. The van der Waals surface area contributed by atoms with Crippen LogP contribution < -0.4 is 5.32 Å². The van der Waals surface area contributed by atoms with E-state index in [1.165, 1.54) is 12.1 Å². The summed E-state index contributed by atoms with van der Waals surface area (Å²) >= 11 is 0. The molecule has 110 valence electrons. The minimum atomic E-state index is -0.520. The Bertz CT molecular complexity index is 687. The number of hydrogen-bond acceptors (Lipinski definition) is 6. The van der Waals surface area contributed by atoms with E-state index in [2.05, 4.69) is 10.3 Å². The van der Waals surface area contributed by atoms with Crippen molar-refractivity contribution in [1.82, 2.24) is 4.98 Å². The van der Waals surface area contributed by atoms with E-state index >= 15 is 0 Å². The molecule has 0 radical (unpaired) electrons. The molecule has 1 atom stereocenters. The minimum Gasteiger partial charge on any atom is -0.464 e. The number of pyridine rings is 1. The number of aromatic nitrogens is 1. The maximum absolute atomic E-state index is 11.5. The van der Waals surface area contributed by atoms with E-state index in [1.807, 2.05) is 0 Å². The predicted molar refractivity (Wildman–Crippen MR) is 78.1 cm³/mol. The van der Waals surface area contributed by atoms with Gasteiger partial charge in [0.05, 0.1) is 17.0 Å². The Balaban J connectivity index is 2.21. The third-order valence-corrected chi connectivity index (χ3v) is 2.89. The van der Waals surface area contributed by atoms with Gasteiger partial charge in [-0.1, -0.05) is 0 Å². The van der Waals surface area contributed by atoms with Crippen LogP contribution in [0.2, 0.25) is 0 Å². The van der Waals surface area contributed by atoms with Gasteiger partial charge in [-0.15, -0.1) is 0 Å². The lowest BCUT2D eigenvalue weighted by atomic mass is 10.2. The lowest BCUT2D eigenvalue weighted by molar-refractivity contribution is -0.384. The number of hydrogen-bond donors (Lipinski definition) is 1. The van der Waals surface area contributed by atoms with Crippen molar-refractivity contribution in [3.05, 3.63) is 40.4 Å². The molecule has 7 heteroatoms. The molecule has 0 fully saturated rings. The van der Waals surface area contributed by atoms with Crippen LogP contribution in [0.1, 0.15) is 13.8 Å². The Morgan fingerprint density at radius 1 is 1.43 bits per heavy atom. The van der Waals surface area contributed by atoms with Crippen molar-refractivity contribution in [2.45, 2.75) is 19.9 Å². The van der Waals surface area contributed by atoms with Crippen molar-refractivity contribution in [2.75, 3.05) is 11.9 Å². The van der Waals surface area contributed by atoms with E-state index < -0.39 is 11.0 Å². The second kappa shape index (κ2) is 6.17. The molecule has 1 unspecified atom stereocenters. The number of nitrogens with zero attached hydrogens (tertiary/aromatic N) is 2. The molecule has 0 spiro atoms. The average Bonchev–Trinajstić information content (AvgIpc) is 2.46. The Labute approximate surface area is 121 Å². The van der Waals surface area contributed by atoms with Crippen LogP contribution in [0, 0.1) is 10.1 Å². The normalized spacial score (nSPS) is 11.9. The lowest BCUT2D eigenvalue weighted by Gasteiger charge is -2.13. The van der Waals surface area contributed by atoms with Crippen molar-refractivity contribution in [3.8, 4) is 0 Å². The third-order valence-electron chi connectivity index (χ3n) is 2.89. The number of non-ortho nitro benzene ring substituents is 1. The SMILES string of the molecule is CCOC(=O)C(C)Nc1ccc2cc([N+](=O)[O-])ccc2n1. The molecule has 0 saturated carbocycles. The van der Waals surface area contributed by atoms with Crippen molar-refractivity contribution in [1.29, 1.82) is 0 Å². The van der Waals surface area contributed by atoms with Gasteiger partial charge in [0.2, 0.25) is 0 Å². The number of nitro groups is 1. The fraction of sp³-hybridized carbons (Fsp3) is 0.286. The predicted octanol–water partition coefficient (Wildman–Crippen LogP) is 2.51. The quantitative estimate of drug-likeness (QED) is 0.516. The van der Waals surface area contributed by atoms with Crippen LogP contribution in [-0.2, 0) is 9.53 Å². The molecule has 0 saturated heterocycles. The summed E-state index contributed by atoms with van der Waals surface area (Å²) in [6.07, 6.45) is 0. The Hall–Kier alpha value is -2.70. The molecule has 1 aromatic heterocycles. The highest BCUT2D eigenvalue weighted by atomic mass is 16.6. The zero-order chi connectivity index (χ0) is 15.4. The molecule has 0 aliphatic heterocycles. The summed E-state index contributed by atoms with van der Waals surface area (Å²) in [5, 5.41) is 14.3. The van der Waals surface area contributed by atoms with Gasteiger partial charge in [-0.2, -0.15) is 0 Å². The van der Waals surface area contributed by atoms with Gasteiger partial charge in [-0.3, -0.25) is 10.1 Å². The summed E-state index contributed by atoms with van der Waals surface area (Å²) in [4.78, 5) is 26.1. The molecule has 2 rings (SSSR count). The number of nitro benzene ring substituents is 1. The van der Waals surface area contributed by atoms with Gasteiger partial charge >= 0.3 is 5.97 Å². The zero-order valence-electron chi connectivity index (χ0n) is 11.7. The number of carbonyl (C=O) groups is 1. The summed E-state index contributed by atoms with van der Waals surface area (Å²) < 4.78 is 4.90. The van der Waals surface area contributed by atoms with Gasteiger partial charge in [-0.05, 0) is 32.0 Å². The zero-order valence-corrected chi connectivity index (χ0v) is 11.7. The first-order valence-electron chi connectivity index (χ1n) is 6.49. The second-order valence-electron chi connectivity index (χ2n) is 4.45. The number of rotatable bonds is 5. The first-order valence-corrected chi connectivity index (χ1v) is 6.49. The molecule has 0 aliphatic carbocycles. The summed E-state index contributed by atoms with van der Waals surface area (Å²) in [5.74, 6) is 0.153. The fourth-order valence-corrected chi connectivity index (χ4v) is 1.85. The first kappa shape index (κ1) is 14.7. The van der Waals surface area contributed by atoms with E-state index in [1.54, 1.807) is 32.0 Å². The third kappa shape index (κ3) is 3.44. The van der Waals surface area contributed by atoms with Crippen LogP contribution in [0.15, 0.2) is 30.3 Å². The van der Waals surface area contributed by atoms with Crippen molar-refractivity contribution in [3.63, 3.8) is 0 Å². The van der Waals surface area contributed by atoms with Gasteiger partial charge in [0.25, 0.3) is 5.69 Å². The molecule has 2 aromatic rings. The Kier molecular flexibility index (Phi) is 4.32. The highest BCUT2D eigenvalue weighted by Crippen LogP contribution is 2.21. The van der Waals surface area contributed by atoms with Crippen LogP contribution in [0.3, 0.4) is 0 Å². The number of fused-ring (bicyclic) bond motifs is 1. The fourth-order valence-electron chi connectivity index (χ4n) is 1.85. The van der Waals surface area contributed by atoms with E-state index in [9.17, 15) is 14.9 Å². The first-order chi connectivity index (χ1) is 10.0. The van der Waals surface area contributed by atoms with Gasteiger partial charge in [0.1, 0.15) is 11.9 Å². The van der Waals surface area contributed by atoms with Crippen LogP contribution >= 0.6 is 0 Å². The van der Waals surface area contributed by atoms with Gasteiger partial charge in [0, 0.05) is 17.5 Å². The standard InChI is InChI=1S/C14H15N3O4/c1-3-21-14(18)9(2)15-13-7-4-10-8-11(17(19)20)5-6-12(10)16-13/h4-9H,3H2,1-2H3,(H,15,16). The maximum Gasteiger partial charge on any atom is 0.328 e. The van der Waals surface area contributed by atoms with Crippen LogP contribution in [0.25, 0.3) is 10.9 Å². The topological polar surface area (TPSA) is 94.4 Å². The van der Waals surface area contributed by atoms with Crippen molar-refractivity contribution < 1.29 is 14.5 Å². The number of benzene rings is 1. The largest absolute Gasteiger partial charge is 0.464 e. The highest BCUT2D eigenvalue weighted by molar-refractivity contribution is 5.83. The van der Waals surface area contributed by atoms with E-state index in [0.29, 0.717) is 23.3 Å². The monoisotopic (exact) mass is 289 g/mol. The molecule has 0 amide bonds. The Morgan fingerprint density at radius 3 is 2.86 bits per heavy atom.